The second-order valence-electron chi connectivity index (χ2n) is 4.80. The topological polar surface area (TPSA) is 58.2 Å². The molecule has 4 nitrogen and oxygen atoms in total. The molecule has 1 aliphatic heterocycles. The molecule has 0 aliphatic carbocycles. The van der Waals surface area contributed by atoms with E-state index in [0.29, 0.717) is 6.54 Å². The number of benzene rings is 2. The summed E-state index contributed by atoms with van der Waals surface area (Å²) in [5.41, 5.74) is 2.14. The minimum absolute atomic E-state index is 0.0959. The Labute approximate surface area is 127 Å². The number of hydrogen-bond donors (Lipinski definition) is 2. The van der Waals surface area contributed by atoms with Gasteiger partial charge in [-0.15, -0.1) is 0 Å². The van der Waals surface area contributed by atoms with E-state index in [1.807, 2.05) is 0 Å². The predicted molar refractivity (Wildman–Crippen MR) is 79.2 cm³/mol. The minimum atomic E-state index is -3.77. The van der Waals surface area contributed by atoms with E-state index in [4.69, 9.17) is 11.6 Å². The van der Waals surface area contributed by atoms with Gasteiger partial charge in [-0.2, -0.15) is 0 Å². The Balaban J connectivity index is 1.93. The lowest BCUT2D eigenvalue weighted by Crippen LogP contribution is -2.13. The highest BCUT2D eigenvalue weighted by Gasteiger charge is 2.18. The molecule has 3 rings (SSSR count). The van der Waals surface area contributed by atoms with Gasteiger partial charge >= 0.3 is 0 Å². The standard InChI is InChI=1S/C14H12ClFN2O2S/c15-11-4-12(16)6-13(5-11)18-21(19,20)14-2-1-9-7-17-8-10(9)3-14/h1-6,17-18H,7-8H2. The van der Waals surface area contributed by atoms with Crippen molar-refractivity contribution in [1.29, 1.82) is 0 Å². The first kappa shape index (κ1) is 14.3. The Hall–Kier alpha value is -1.63. The van der Waals surface area contributed by atoms with Crippen molar-refractivity contribution in [1.82, 2.24) is 5.32 Å². The number of sulfonamides is 1. The summed E-state index contributed by atoms with van der Waals surface area (Å²) >= 11 is 5.72. The molecule has 21 heavy (non-hydrogen) atoms. The molecule has 0 saturated carbocycles. The third kappa shape index (κ3) is 3.02. The number of rotatable bonds is 3. The van der Waals surface area contributed by atoms with Crippen LogP contribution >= 0.6 is 11.6 Å². The fraction of sp³-hybridized carbons (Fsp3) is 0.143. The number of nitrogens with one attached hydrogen (secondary N) is 2. The molecule has 2 aromatic rings. The molecule has 2 N–H and O–H groups in total. The van der Waals surface area contributed by atoms with Gasteiger partial charge in [0.25, 0.3) is 10.0 Å². The highest BCUT2D eigenvalue weighted by Crippen LogP contribution is 2.24. The highest BCUT2D eigenvalue weighted by molar-refractivity contribution is 7.92. The third-order valence-corrected chi connectivity index (χ3v) is 4.83. The lowest BCUT2D eigenvalue weighted by molar-refractivity contribution is 0.601. The smallest absolute Gasteiger partial charge is 0.261 e. The first-order valence-electron chi connectivity index (χ1n) is 6.25. The van der Waals surface area contributed by atoms with E-state index in [-0.39, 0.29) is 15.6 Å². The van der Waals surface area contributed by atoms with Gasteiger partial charge in [-0.05, 0) is 41.5 Å². The summed E-state index contributed by atoms with van der Waals surface area (Å²) in [6.45, 7) is 1.38. The SMILES string of the molecule is O=S(=O)(Nc1cc(F)cc(Cl)c1)c1ccc2c(c1)CNC2. The van der Waals surface area contributed by atoms with Crippen LogP contribution in [0.5, 0.6) is 0 Å². The van der Waals surface area contributed by atoms with Crippen LogP contribution in [0.15, 0.2) is 41.3 Å². The van der Waals surface area contributed by atoms with E-state index in [1.165, 1.54) is 12.1 Å². The molecule has 0 amide bonds. The van der Waals surface area contributed by atoms with Crippen molar-refractivity contribution in [3.8, 4) is 0 Å². The summed E-state index contributed by atoms with van der Waals surface area (Å²) in [4.78, 5) is 0.144. The normalized spacial score (nSPS) is 14.0. The Kier molecular flexibility index (Phi) is 3.61. The fourth-order valence-corrected chi connectivity index (χ4v) is 3.58. The maximum Gasteiger partial charge on any atom is 0.261 e. The molecule has 7 heteroatoms. The summed E-state index contributed by atoms with van der Waals surface area (Å²) < 4.78 is 40.2. The van der Waals surface area contributed by atoms with E-state index in [9.17, 15) is 12.8 Å². The van der Waals surface area contributed by atoms with Gasteiger partial charge in [-0.25, -0.2) is 12.8 Å². The zero-order chi connectivity index (χ0) is 15.0. The van der Waals surface area contributed by atoms with Crippen LogP contribution in [0.1, 0.15) is 11.1 Å². The molecule has 0 saturated heterocycles. The molecule has 0 radical (unpaired) electrons. The van der Waals surface area contributed by atoms with Crippen LogP contribution in [-0.4, -0.2) is 8.42 Å². The highest BCUT2D eigenvalue weighted by atomic mass is 35.5. The van der Waals surface area contributed by atoms with Gasteiger partial charge < -0.3 is 5.32 Å². The summed E-state index contributed by atoms with van der Waals surface area (Å²) in [6, 6.07) is 8.49. The average molecular weight is 327 g/mol. The predicted octanol–water partition coefficient (Wildman–Crippen LogP) is 2.88. The van der Waals surface area contributed by atoms with Gasteiger partial charge in [0.15, 0.2) is 0 Å². The van der Waals surface area contributed by atoms with Crippen molar-refractivity contribution in [2.24, 2.45) is 0 Å². The van der Waals surface area contributed by atoms with E-state index in [0.717, 1.165) is 29.8 Å². The van der Waals surface area contributed by atoms with E-state index < -0.39 is 15.8 Å². The summed E-state index contributed by atoms with van der Waals surface area (Å²) in [7, 11) is -3.77. The van der Waals surface area contributed by atoms with Gasteiger partial charge in [0, 0.05) is 18.1 Å². The van der Waals surface area contributed by atoms with Crippen molar-refractivity contribution in [3.05, 3.63) is 58.4 Å². The second-order valence-corrected chi connectivity index (χ2v) is 6.92. The molecular weight excluding hydrogens is 315 g/mol. The van der Waals surface area contributed by atoms with E-state index in [1.54, 1.807) is 12.1 Å². The summed E-state index contributed by atoms with van der Waals surface area (Å²) in [5, 5.41) is 3.28. The van der Waals surface area contributed by atoms with Crippen molar-refractivity contribution in [2.45, 2.75) is 18.0 Å². The quantitative estimate of drug-likeness (QED) is 0.912. The van der Waals surface area contributed by atoms with Gasteiger partial charge in [-0.3, -0.25) is 4.72 Å². The first-order valence-corrected chi connectivity index (χ1v) is 8.11. The van der Waals surface area contributed by atoms with Crippen LogP contribution < -0.4 is 10.0 Å². The molecule has 0 atom stereocenters. The van der Waals surface area contributed by atoms with Crippen LogP contribution in [0.25, 0.3) is 0 Å². The van der Waals surface area contributed by atoms with Crippen LogP contribution in [0.4, 0.5) is 10.1 Å². The Morgan fingerprint density at radius 3 is 2.62 bits per heavy atom. The molecule has 2 aromatic carbocycles. The largest absolute Gasteiger partial charge is 0.309 e. The van der Waals surface area contributed by atoms with Crippen molar-refractivity contribution in [2.75, 3.05) is 4.72 Å². The Morgan fingerprint density at radius 1 is 1.10 bits per heavy atom. The first-order chi connectivity index (χ1) is 9.94. The van der Waals surface area contributed by atoms with Crippen LogP contribution in [-0.2, 0) is 23.1 Å². The lowest BCUT2D eigenvalue weighted by Gasteiger charge is -2.10. The molecule has 110 valence electrons. The number of halogens is 2. The third-order valence-electron chi connectivity index (χ3n) is 3.23. The van der Waals surface area contributed by atoms with Gasteiger partial charge in [0.2, 0.25) is 0 Å². The maximum absolute atomic E-state index is 13.3. The summed E-state index contributed by atoms with van der Waals surface area (Å²) in [6.07, 6.45) is 0. The molecular formula is C14H12ClFN2O2S. The Bertz CT molecular complexity index is 788. The molecule has 1 aliphatic rings. The van der Waals surface area contributed by atoms with E-state index in [2.05, 4.69) is 10.0 Å². The van der Waals surface area contributed by atoms with Gasteiger partial charge in [0.1, 0.15) is 5.82 Å². The summed E-state index contributed by atoms with van der Waals surface area (Å²) in [5.74, 6) is -0.599. The number of fused-ring (bicyclic) bond motifs is 1. The zero-order valence-electron chi connectivity index (χ0n) is 10.9. The fourth-order valence-electron chi connectivity index (χ4n) is 2.27. The van der Waals surface area contributed by atoms with Crippen LogP contribution in [0, 0.1) is 5.82 Å². The molecule has 0 fully saturated rings. The number of hydrogen-bond acceptors (Lipinski definition) is 3. The maximum atomic E-state index is 13.3. The van der Waals surface area contributed by atoms with Crippen molar-refractivity contribution >= 4 is 27.3 Å². The second kappa shape index (κ2) is 5.29. The van der Waals surface area contributed by atoms with E-state index >= 15 is 0 Å². The Morgan fingerprint density at radius 2 is 1.86 bits per heavy atom. The minimum Gasteiger partial charge on any atom is -0.309 e. The zero-order valence-corrected chi connectivity index (χ0v) is 12.4. The van der Waals surface area contributed by atoms with Crippen LogP contribution in [0.2, 0.25) is 5.02 Å². The average Bonchev–Trinajstić information content (AvgIpc) is 2.83. The number of anilines is 1. The van der Waals surface area contributed by atoms with Crippen LogP contribution in [0.3, 0.4) is 0 Å². The van der Waals surface area contributed by atoms with Crippen molar-refractivity contribution in [3.63, 3.8) is 0 Å². The van der Waals surface area contributed by atoms with Gasteiger partial charge in [0.05, 0.1) is 10.6 Å². The lowest BCUT2D eigenvalue weighted by atomic mass is 10.1. The molecule has 0 bridgehead atoms. The molecule has 0 spiro atoms. The molecule has 0 unspecified atom stereocenters. The van der Waals surface area contributed by atoms with Crippen molar-refractivity contribution < 1.29 is 12.8 Å². The monoisotopic (exact) mass is 326 g/mol. The molecule has 0 aromatic heterocycles. The molecule has 1 heterocycles. The van der Waals surface area contributed by atoms with Gasteiger partial charge in [-0.1, -0.05) is 17.7 Å².